The molecule has 0 spiro atoms. The molecule has 4 rings (SSSR count). The number of aliphatic hydroxyl groups is 2. The second-order valence-corrected chi connectivity index (χ2v) is 6.63. The first-order valence-electron chi connectivity index (χ1n) is 9.24. The summed E-state index contributed by atoms with van der Waals surface area (Å²) in [7, 11) is 1.44. The molecular formula is C19H21N5O6. The highest BCUT2D eigenvalue weighted by Crippen LogP contribution is 2.33. The molecule has 158 valence electrons. The SMILES string of the molecule is CO[C@@H]1[C@H](O)[C@@H](CO)O[C@H]1n1cnc2c(NC(=O)COc3ccccc3)ncnc21. The third-order valence-electron chi connectivity index (χ3n) is 4.77. The number of hydrogen-bond acceptors (Lipinski definition) is 9. The van der Waals surface area contributed by atoms with Gasteiger partial charge in [0.2, 0.25) is 0 Å². The summed E-state index contributed by atoms with van der Waals surface area (Å²) < 4.78 is 18.1. The zero-order chi connectivity index (χ0) is 21.1. The van der Waals surface area contributed by atoms with Crippen LogP contribution in [0.3, 0.4) is 0 Å². The van der Waals surface area contributed by atoms with Crippen LogP contribution in [0.5, 0.6) is 5.75 Å². The van der Waals surface area contributed by atoms with Gasteiger partial charge in [0.1, 0.15) is 30.4 Å². The Morgan fingerprint density at radius 3 is 2.80 bits per heavy atom. The van der Waals surface area contributed by atoms with Gasteiger partial charge in [0.15, 0.2) is 29.8 Å². The quantitative estimate of drug-likeness (QED) is 0.490. The molecule has 1 aliphatic heterocycles. The van der Waals surface area contributed by atoms with Crippen molar-refractivity contribution >= 4 is 22.9 Å². The molecule has 0 bridgehead atoms. The van der Waals surface area contributed by atoms with Gasteiger partial charge >= 0.3 is 0 Å². The van der Waals surface area contributed by atoms with Gasteiger partial charge in [0.25, 0.3) is 5.91 Å². The topological polar surface area (TPSA) is 141 Å². The zero-order valence-electron chi connectivity index (χ0n) is 16.1. The second kappa shape index (κ2) is 8.71. The number of para-hydroxylation sites is 1. The molecule has 1 aromatic carbocycles. The van der Waals surface area contributed by atoms with E-state index in [1.807, 2.05) is 18.2 Å². The lowest BCUT2D eigenvalue weighted by atomic mass is 10.1. The van der Waals surface area contributed by atoms with Crippen molar-refractivity contribution in [3.05, 3.63) is 43.0 Å². The van der Waals surface area contributed by atoms with Gasteiger partial charge in [0.05, 0.1) is 12.9 Å². The first-order chi connectivity index (χ1) is 14.6. The standard InChI is InChI=1S/C19H21N5O6/c1-28-16-15(27)12(7-25)30-19(16)24-10-22-14-17(20-9-21-18(14)24)23-13(26)8-29-11-5-3-2-4-6-11/h2-6,9-10,12,15-16,19,25,27H,7-8H2,1H3,(H,20,21,23,26)/t12-,15-,16-,19-/m1/s1. The minimum atomic E-state index is -1.02. The highest BCUT2D eigenvalue weighted by Gasteiger charge is 2.45. The number of methoxy groups -OCH3 is 1. The van der Waals surface area contributed by atoms with Gasteiger partial charge in [0, 0.05) is 7.11 Å². The summed E-state index contributed by atoms with van der Waals surface area (Å²) in [4.78, 5) is 24.9. The molecule has 1 aliphatic rings. The predicted octanol–water partition coefficient (Wildman–Crippen LogP) is 0.109. The Bertz CT molecular complexity index is 1010. The number of amides is 1. The first-order valence-corrected chi connectivity index (χ1v) is 9.24. The third-order valence-corrected chi connectivity index (χ3v) is 4.77. The Labute approximate surface area is 171 Å². The molecule has 11 heteroatoms. The van der Waals surface area contributed by atoms with Crippen LogP contribution in [0.4, 0.5) is 5.82 Å². The molecule has 1 fully saturated rings. The number of nitrogens with zero attached hydrogens (tertiary/aromatic N) is 4. The number of fused-ring (bicyclic) bond motifs is 1. The number of hydrogen-bond donors (Lipinski definition) is 3. The predicted molar refractivity (Wildman–Crippen MR) is 104 cm³/mol. The van der Waals surface area contributed by atoms with Crippen LogP contribution in [0.2, 0.25) is 0 Å². The summed E-state index contributed by atoms with van der Waals surface area (Å²) in [5, 5.41) is 22.3. The van der Waals surface area contributed by atoms with Crippen molar-refractivity contribution in [3.63, 3.8) is 0 Å². The van der Waals surface area contributed by atoms with Crippen LogP contribution in [0, 0.1) is 0 Å². The van der Waals surface area contributed by atoms with E-state index in [9.17, 15) is 15.0 Å². The molecule has 0 radical (unpaired) electrons. The van der Waals surface area contributed by atoms with E-state index in [1.54, 1.807) is 16.7 Å². The van der Waals surface area contributed by atoms with Crippen LogP contribution < -0.4 is 10.1 Å². The molecule has 0 unspecified atom stereocenters. The fraction of sp³-hybridized carbons (Fsp3) is 0.368. The summed E-state index contributed by atoms with van der Waals surface area (Å²) >= 11 is 0. The molecular weight excluding hydrogens is 394 g/mol. The maximum absolute atomic E-state index is 12.3. The highest BCUT2D eigenvalue weighted by atomic mass is 16.6. The fourth-order valence-corrected chi connectivity index (χ4v) is 3.31. The summed E-state index contributed by atoms with van der Waals surface area (Å²) in [5.41, 5.74) is 0.716. The van der Waals surface area contributed by atoms with E-state index in [0.29, 0.717) is 16.9 Å². The van der Waals surface area contributed by atoms with Crippen LogP contribution >= 0.6 is 0 Å². The van der Waals surface area contributed by atoms with Crippen LogP contribution in [0.25, 0.3) is 11.2 Å². The van der Waals surface area contributed by atoms with Crippen molar-refractivity contribution in [1.29, 1.82) is 0 Å². The molecule has 0 aliphatic carbocycles. The van der Waals surface area contributed by atoms with Crippen LogP contribution in [-0.4, -0.2) is 74.3 Å². The minimum Gasteiger partial charge on any atom is -0.484 e. The van der Waals surface area contributed by atoms with Crippen molar-refractivity contribution in [2.45, 2.75) is 24.5 Å². The number of carbonyl (C=O) groups excluding carboxylic acids is 1. The Balaban J connectivity index is 1.53. The molecule has 0 saturated carbocycles. The van der Waals surface area contributed by atoms with E-state index >= 15 is 0 Å². The Kier molecular flexibility index (Phi) is 5.86. The number of aromatic nitrogens is 4. The van der Waals surface area contributed by atoms with E-state index in [4.69, 9.17) is 14.2 Å². The lowest BCUT2D eigenvalue weighted by Gasteiger charge is -2.19. The van der Waals surface area contributed by atoms with E-state index in [1.165, 1.54) is 19.8 Å². The number of benzene rings is 1. The minimum absolute atomic E-state index is 0.196. The van der Waals surface area contributed by atoms with E-state index < -0.39 is 30.4 Å². The van der Waals surface area contributed by atoms with Crippen molar-refractivity contribution in [3.8, 4) is 5.75 Å². The average Bonchev–Trinajstić information content (AvgIpc) is 3.34. The molecule has 1 saturated heterocycles. The van der Waals surface area contributed by atoms with Crippen LogP contribution in [0.15, 0.2) is 43.0 Å². The summed E-state index contributed by atoms with van der Waals surface area (Å²) in [6, 6.07) is 8.97. The number of anilines is 1. The van der Waals surface area contributed by atoms with Gasteiger partial charge in [-0.25, -0.2) is 15.0 Å². The van der Waals surface area contributed by atoms with E-state index in [2.05, 4.69) is 20.3 Å². The van der Waals surface area contributed by atoms with E-state index in [0.717, 1.165) is 0 Å². The number of imidazole rings is 1. The molecule has 1 amide bonds. The summed E-state index contributed by atoms with van der Waals surface area (Å²) in [5.74, 6) is 0.383. The van der Waals surface area contributed by atoms with Gasteiger partial charge < -0.3 is 29.7 Å². The molecule has 30 heavy (non-hydrogen) atoms. The van der Waals surface area contributed by atoms with Gasteiger partial charge in [-0.3, -0.25) is 9.36 Å². The largest absolute Gasteiger partial charge is 0.484 e. The van der Waals surface area contributed by atoms with Crippen molar-refractivity contribution in [1.82, 2.24) is 19.5 Å². The first kappa shape index (κ1) is 20.2. The van der Waals surface area contributed by atoms with Gasteiger partial charge in [-0.1, -0.05) is 18.2 Å². The second-order valence-electron chi connectivity index (χ2n) is 6.63. The Morgan fingerprint density at radius 2 is 2.07 bits per heavy atom. The molecule has 3 heterocycles. The van der Waals surface area contributed by atoms with Gasteiger partial charge in [-0.2, -0.15) is 0 Å². The maximum Gasteiger partial charge on any atom is 0.263 e. The molecule has 11 nitrogen and oxygen atoms in total. The molecule has 4 atom stereocenters. The third kappa shape index (κ3) is 3.83. The van der Waals surface area contributed by atoms with Gasteiger partial charge in [-0.15, -0.1) is 0 Å². The lowest BCUT2D eigenvalue weighted by molar-refractivity contribution is -0.118. The summed E-state index contributed by atoms with van der Waals surface area (Å²) in [6.45, 7) is -0.556. The number of nitrogens with one attached hydrogen (secondary N) is 1. The summed E-state index contributed by atoms with van der Waals surface area (Å²) in [6.07, 6.45) is -0.560. The van der Waals surface area contributed by atoms with Crippen molar-refractivity contribution in [2.75, 3.05) is 25.6 Å². The molecule has 2 aromatic heterocycles. The smallest absolute Gasteiger partial charge is 0.263 e. The number of rotatable bonds is 7. The average molecular weight is 415 g/mol. The number of ether oxygens (including phenoxy) is 3. The fourth-order valence-electron chi connectivity index (χ4n) is 3.31. The maximum atomic E-state index is 12.3. The normalized spacial score (nSPS) is 23.6. The number of carbonyl (C=O) groups is 1. The Morgan fingerprint density at radius 1 is 1.27 bits per heavy atom. The number of aliphatic hydroxyl groups excluding tert-OH is 2. The van der Waals surface area contributed by atoms with Crippen molar-refractivity contribution < 1.29 is 29.2 Å². The van der Waals surface area contributed by atoms with Crippen LogP contribution in [-0.2, 0) is 14.3 Å². The van der Waals surface area contributed by atoms with E-state index in [-0.39, 0.29) is 19.0 Å². The Hall–Kier alpha value is -3.12. The molecule has 3 N–H and O–H groups in total. The monoisotopic (exact) mass is 415 g/mol. The van der Waals surface area contributed by atoms with Crippen molar-refractivity contribution in [2.24, 2.45) is 0 Å². The molecule has 3 aromatic rings. The highest BCUT2D eigenvalue weighted by molar-refractivity contribution is 5.97. The van der Waals surface area contributed by atoms with Crippen LogP contribution in [0.1, 0.15) is 6.23 Å². The lowest BCUT2D eigenvalue weighted by Crippen LogP contribution is -2.34. The van der Waals surface area contributed by atoms with Gasteiger partial charge in [-0.05, 0) is 12.1 Å². The zero-order valence-corrected chi connectivity index (χ0v) is 16.1.